The van der Waals surface area contributed by atoms with Gasteiger partial charge in [0.25, 0.3) is 0 Å². The molecule has 4 aliphatic heterocycles. The van der Waals surface area contributed by atoms with Gasteiger partial charge in [0.15, 0.2) is 0 Å². The highest BCUT2D eigenvalue weighted by Crippen LogP contribution is 2.47. The predicted molar refractivity (Wildman–Crippen MR) is 300 cm³/mol. The molecule has 10 rings (SSSR count). The van der Waals surface area contributed by atoms with E-state index in [9.17, 15) is 48.6 Å². The van der Waals surface area contributed by atoms with E-state index in [2.05, 4.69) is 17.9 Å². The molecule has 78 heavy (non-hydrogen) atoms. The third-order valence-corrected chi connectivity index (χ3v) is 16.8. The second-order valence-electron chi connectivity index (χ2n) is 21.9. The number of amides is 2. The number of allylic oxidation sites excluding steroid dienone is 3. The van der Waals surface area contributed by atoms with Gasteiger partial charge in [0, 0.05) is 89.5 Å². The third kappa shape index (κ3) is 15.4. The lowest BCUT2D eigenvalue weighted by Gasteiger charge is -2.42. The van der Waals surface area contributed by atoms with Crippen LogP contribution < -0.4 is 17.7 Å². The van der Waals surface area contributed by atoms with Crippen molar-refractivity contribution < 1.29 is 75.2 Å². The van der Waals surface area contributed by atoms with E-state index < -0.39 is 57.1 Å². The summed E-state index contributed by atoms with van der Waals surface area (Å²) in [6.07, 6.45) is 7.53. The van der Waals surface area contributed by atoms with Crippen molar-refractivity contribution in [3.63, 3.8) is 0 Å². The Kier molecular flexibility index (Phi) is 20.3. The minimum Gasteiger partial charge on any atom is -1.00 e. The maximum Gasteiger partial charge on any atom is 0.410 e. The van der Waals surface area contributed by atoms with Gasteiger partial charge in [-0.05, 0) is 97.5 Å². The number of rotatable bonds is 4. The highest BCUT2D eigenvalue weighted by molar-refractivity contribution is 8.08. The van der Waals surface area contributed by atoms with Gasteiger partial charge in [-0.2, -0.15) is 12.6 Å². The topological polar surface area (TPSA) is 223 Å². The Hall–Kier alpha value is -5.54. The number of halogens is 1. The van der Waals surface area contributed by atoms with Gasteiger partial charge in [0.1, 0.15) is 27.5 Å². The number of carbonyl (C=O) groups excluding carboxylic acids is 8. The van der Waals surface area contributed by atoms with Crippen LogP contribution in [-0.4, -0.2) is 151 Å². The van der Waals surface area contributed by atoms with Gasteiger partial charge in [-0.15, -0.1) is 23.5 Å². The standard InChI is InChI=1S/C21H25NO5S.C16H15NO3S.C11H21NO3S.C10H6O2.ClH/c1-20(2,3)27-19(25)22-10-8-21(26,9-11-22)13-28-17-12-16(23)18(24)15-7-5-4-6-14(15)17;18-12-10-3-1-2-4-11(10)14-15(13(12)19)21-9-16(20-14)5-7-17-8-6-16;1-10(2,3)15-9(13)12-6-4-11(14,8-16)5-7-12;11-9-6-5-7-3-1-2-4-8(7)10(9)12;/h4-7,12,26H,8-11,13H2,1-3H3;1-4,17H,5-9H2;14,16H,4-8H2,1-3H3;1-6H;1H/p-1. The second kappa shape index (κ2) is 25.7. The molecule has 0 unspecified atom stereocenters. The van der Waals surface area contributed by atoms with Crippen LogP contribution in [0.1, 0.15) is 128 Å². The van der Waals surface area contributed by atoms with Gasteiger partial charge in [0.2, 0.25) is 34.7 Å². The molecular weight excluding hydrogens is 1080 g/mol. The van der Waals surface area contributed by atoms with Gasteiger partial charge in [-0.3, -0.25) is 28.8 Å². The van der Waals surface area contributed by atoms with Crippen molar-refractivity contribution in [2.45, 2.75) is 108 Å². The molecule has 3 aromatic rings. The second-order valence-corrected chi connectivity index (χ2v) is 24.2. The van der Waals surface area contributed by atoms with Crippen molar-refractivity contribution in [3.8, 4) is 0 Å². The first-order valence-corrected chi connectivity index (χ1v) is 28.3. The fourth-order valence-corrected chi connectivity index (χ4v) is 12.0. The minimum atomic E-state index is -0.941. The van der Waals surface area contributed by atoms with Crippen LogP contribution in [-0.2, 0) is 28.6 Å². The molecule has 3 aromatic carbocycles. The van der Waals surface area contributed by atoms with Crippen LogP contribution in [0.4, 0.5) is 9.59 Å². The number of thioether (sulfide) groups is 2. The van der Waals surface area contributed by atoms with Crippen molar-refractivity contribution in [2.24, 2.45) is 0 Å². The smallest absolute Gasteiger partial charge is 0.410 e. The average molecular weight is 1150 g/mol. The SMILES string of the molecule is CC(C)(C)OC(=O)N1CCC(O)(CS)CC1.CC(C)(C)OC(=O)N1CCC(O)(CSC2=CC(=O)C(=O)c3ccccc32)CC1.O=C1C(=O)c2ccccc2C2=C1SCC1(CCNCC1)O2.O=C1C=Cc2ccccc2C1=O.[Cl-]. The first kappa shape index (κ1) is 61.7. The maximum absolute atomic E-state index is 12.3. The van der Waals surface area contributed by atoms with Crippen molar-refractivity contribution in [2.75, 3.05) is 56.5 Å². The molecule has 0 bridgehead atoms. The van der Waals surface area contributed by atoms with Crippen LogP contribution in [0.2, 0.25) is 0 Å². The third-order valence-electron chi connectivity index (χ3n) is 13.6. The number of aliphatic hydroxyl groups is 2. The summed E-state index contributed by atoms with van der Waals surface area (Å²) in [4.78, 5) is 98.9. The van der Waals surface area contributed by atoms with Crippen LogP contribution in [0.3, 0.4) is 0 Å². The first-order valence-electron chi connectivity index (χ1n) is 25.7. The lowest BCUT2D eigenvalue weighted by atomic mass is 9.90. The van der Waals surface area contributed by atoms with Gasteiger partial charge in [0.05, 0.1) is 11.2 Å². The molecule has 7 aliphatic rings. The Morgan fingerprint density at radius 2 is 1.12 bits per heavy atom. The maximum atomic E-state index is 12.3. The number of Topliss-reactive ketones (excluding diaryl/α,β-unsaturated/α-hetero) is 4. The molecule has 2 amide bonds. The van der Waals surface area contributed by atoms with E-state index in [0.29, 0.717) is 95.6 Å². The number of nitrogens with zero attached hydrogens (tertiary/aromatic N) is 2. The van der Waals surface area contributed by atoms with Crippen molar-refractivity contribution in [1.29, 1.82) is 0 Å². The molecule has 0 saturated carbocycles. The molecule has 0 radical (unpaired) electrons. The van der Waals surface area contributed by atoms with Gasteiger partial charge in [-0.1, -0.05) is 78.9 Å². The molecule has 4 heterocycles. The summed E-state index contributed by atoms with van der Waals surface area (Å²) in [5, 5.41) is 24.2. The van der Waals surface area contributed by atoms with Crippen molar-refractivity contribution in [3.05, 3.63) is 123 Å². The van der Waals surface area contributed by atoms with Crippen LogP contribution in [0.25, 0.3) is 16.7 Å². The number of hydrogen-bond acceptors (Lipinski definition) is 17. The Morgan fingerprint density at radius 1 is 0.641 bits per heavy atom. The molecular formula is C58H67ClN3O13S3-. The molecule has 1 spiro atoms. The minimum absolute atomic E-state index is 0. The number of carbonyl (C=O) groups is 8. The predicted octanol–water partition coefficient (Wildman–Crippen LogP) is 5.44. The number of piperidine rings is 3. The van der Waals surface area contributed by atoms with Crippen LogP contribution in [0, 0.1) is 0 Å². The summed E-state index contributed by atoms with van der Waals surface area (Å²) in [5.74, 6) is -0.521. The quantitative estimate of drug-likeness (QED) is 0.189. The normalized spacial score (nSPS) is 19.7. The monoisotopic (exact) mass is 1140 g/mol. The number of ether oxygens (including phenoxy) is 3. The van der Waals surface area contributed by atoms with Gasteiger partial charge in [-0.25, -0.2) is 9.59 Å². The van der Waals surface area contributed by atoms with Gasteiger partial charge < -0.3 is 51.9 Å². The van der Waals surface area contributed by atoms with E-state index in [4.69, 9.17) is 14.2 Å². The molecule has 20 heteroatoms. The molecule has 3 N–H and O–H groups in total. The molecule has 3 saturated heterocycles. The molecule has 0 atom stereocenters. The summed E-state index contributed by atoms with van der Waals surface area (Å²) >= 11 is 6.97. The number of likely N-dealkylation sites (tertiary alicyclic amines) is 2. The first-order chi connectivity index (χ1) is 36.3. The number of fused-ring (bicyclic) bond motifs is 4. The largest absolute Gasteiger partial charge is 1.00 e. The molecule has 418 valence electrons. The molecule has 16 nitrogen and oxygen atoms in total. The van der Waals surface area contributed by atoms with Crippen LogP contribution in [0.5, 0.6) is 0 Å². The number of hydrogen-bond donors (Lipinski definition) is 4. The average Bonchev–Trinajstić information content (AvgIpc) is 3.50. The zero-order chi connectivity index (χ0) is 55.9. The van der Waals surface area contributed by atoms with Crippen molar-refractivity contribution >= 4 is 99.8 Å². The molecule has 3 aliphatic carbocycles. The summed E-state index contributed by atoms with van der Waals surface area (Å²) in [5.41, 5.74) is 0.811. The fourth-order valence-electron chi connectivity index (χ4n) is 9.15. The summed E-state index contributed by atoms with van der Waals surface area (Å²) in [6.45, 7) is 14.8. The summed E-state index contributed by atoms with van der Waals surface area (Å²) < 4.78 is 17.0. The van der Waals surface area contributed by atoms with E-state index >= 15 is 0 Å². The lowest BCUT2D eigenvalue weighted by Crippen LogP contribution is -3.00. The van der Waals surface area contributed by atoms with Gasteiger partial charge >= 0.3 is 12.2 Å². The zero-order valence-corrected chi connectivity index (χ0v) is 48.0. The Balaban J connectivity index is 0.000000175. The fraction of sp³-hybridized carbons (Fsp3) is 0.448. The van der Waals surface area contributed by atoms with E-state index in [1.54, 1.807) is 52.3 Å². The molecule has 3 fully saturated rings. The summed E-state index contributed by atoms with van der Waals surface area (Å²) in [6, 6.07) is 21.3. The Morgan fingerprint density at radius 3 is 1.65 bits per heavy atom. The van der Waals surface area contributed by atoms with E-state index in [1.807, 2.05) is 77.9 Å². The molecule has 0 aromatic heterocycles. The number of benzene rings is 3. The number of ketones is 6. The Bertz CT molecular complexity index is 2900. The lowest BCUT2D eigenvalue weighted by molar-refractivity contribution is -0.112. The van der Waals surface area contributed by atoms with Crippen molar-refractivity contribution in [1.82, 2.24) is 15.1 Å². The van der Waals surface area contributed by atoms with E-state index in [1.165, 1.54) is 35.7 Å². The highest BCUT2D eigenvalue weighted by Gasteiger charge is 2.45. The van der Waals surface area contributed by atoms with E-state index in [0.717, 1.165) is 48.4 Å². The number of thiol groups is 1. The number of nitrogens with one attached hydrogen (secondary N) is 1. The van der Waals surface area contributed by atoms with Crippen LogP contribution in [0.15, 0.2) is 89.9 Å². The Labute approximate surface area is 475 Å². The highest BCUT2D eigenvalue weighted by atomic mass is 35.5. The zero-order valence-electron chi connectivity index (χ0n) is 44.7. The summed E-state index contributed by atoms with van der Waals surface area (Å²) in [7, 11) is 0. The van der Waals surface area contributed by atoms with E-state index in [-0.39, 0.29) is 30.2 Å². The van der Waals surface area contributed by atoms with Crippen LogP contribution >= 0.6 is 36.2 Å².